The maximum atomic E-state index is 14.4. The van der Waals surface area contributed by atoms with E-state index < -0.39 is 29.7 Å². The van der Waals surface area contributed by atoms with Crippen LogP contribution >= 0.6 is 0 Å². The van der Waals surface area contributed by atoms with Crippen LogP contribution in [-0.4, -0.2) is 21.6 Å². The minimum Gasteiger partial charge on any atom is -0.326 e. The maximum absolute atomic E-state index is 14.4. The highest BCUT2D eigenvalue weighted by Crippen LogP contribution is 2.41. The first-order valence-corrected chi connectivity index (χ1v) is 8.45. The molecule has 1 aromatic heterocycles. The molecule has 1 N–H and O–H groups in total. The number of nitrogens with one attached hydrogen (secondary N) is 1. The van der Waals surface area contributed by atoms with Gasteiger partial charge in [-0.05, 0) is 38.0 Å². The minimum atomic E-state index is -4.41. The van der Waals surface area contributed by atoms with E-state index in [-0.39, 0.29) is 24.2 Å². The number of halogens is 4. The molecule has 1 amide bonds. The van der Waals surface area contributed by atoms with E-state index >= 15 is 0 Å². The van der Waals surface area contributed by atoms with Gasteiger partial charge in [-0.3, -0.25) is 4.79 Å². The molecule has 4 nitrogen and oxygen atoms in total. The number of nitrogens with zero attached hydrogens (tertiary/aromatic N) is 2. The first kappa shape index (κ1) is 18.4. The Balaban J connectivity index is 1.77. The molecule has 26 heavy (non-hydrogen) atoms. The number of rotatable bonds is 3. The van der Waals surface area contributed by atoms with Gasteiger partial charge in [0.05, 0.1) is 11.6 Å². The van der Waals surface area contributed by atoms with E-state index in [9.17, 15) is 22.4 Å². The summed E-state index contributed by atoms with van der Waals surface area (Å²) in [4.78, 5) is 16.4. The van der Waals surface area contributed by atoms with Crippen LogP contribution in [0.2, 0.25) is 0 Å². The number of alkyl halides is 3. The number of aromatic nitrogens is 2. The van der Waals surface area contributed by atoms with Crippen molar-refractivity contribution < 1.29 is 22.4 Å². The molecule has 1 fully saturated rings. The molecular weight excluding hydrogens is 350 g/mol. The van der Waals surface area contributed by atoms with E-state index in [4.69, 9.17) is 0 Å². The van der Waals surface area contributed by atoms with Gasteiger partial charge in [0.25, 0.3) is 0 Å². The normalized spacial score (nSPS) is 20.8. The third-order valence-corrected chi connectivity index (χ3v) is 4.82. The molecule has 1 aromatic carbocycles. The lowest BCUT2D eigenvalue weighted by atomic mass is 9.78. The Bertz CT molecular complexity index is 800. The first-order valence-electron chi connectivity index (χ1n) is 8.45. The van der Waals surface area contributed by atoms with Crippen molar-refractivity contribution in [3.8, 4) is 5.69 Å². The molecule has 1 saturated carbocycles. The molecule has 140 valence electrons. The summed E-state index contributed by atoms with van der Waals surface area (Å²) in [5.41, 5.74) is 0.393. The Morgan fingerprint density at radius 1 is 1.27 bits per heavy atom. The highest BCUT2D eigenvalue weighted by molar-refractivity contribution is 5.93. The smallest absolute Gasteiger partial charge is 0.326 e. The van der Waals surface area contributed by atoms with Gasteiger partial charge in [-0.2, -0.15) is 13.2 Å². The van der Waals surface area contributed by atoms with Gasteiger partial charge in [-0.25, -0.2) is 9.37 Å². The molecule has 1 aliphatic carbocycles. The average molecular weight is 369 g/mol. The zero-order valence-electron chi connectivity index (χ0n) is 14.2. The van der Waals surface area contributed by atoms with E-state index in [2.05, 4.69) is 10.3 Å². The number of carbonyl (C=O) groups is 1. The third-order valence-electron chi connectivity index (χ3n) is 4.82. The molecule has 8 heteroatoms. The molecule has 2 atom stereocenters. The minimum absolute atomic E-state index is 0.0468. The lowest BCUT2D eigenvalue weighted by Crippen LogP contribution is -2.39. The number of amides is 1. The number of aryl methyl sites for hydroxylation is 1. The van der Waals surface area contributed by atoms with Gasteiger partial charge < -0.3 is 9.88 Å². The van der Waals surface area contributed by atoms with Crippen LogP contribution in [0.3, 0.4) is 0 Å². The maximum Gasteiger partial charge on any atom is 0.392 e. The number of hydrogen-bond acceptors (Lipinski definition) is 2. The summed E-state index contributed by atoms with van der Waals surface area (Å²) in [6, 6.07) is 4.04. The standard InChI is InChI=1S/C18H19F4N3O/c1-11-23-8-9-25(11)16-7-6-12(10-15(16)19)24-17(26)13-4-2-3-5-14(13)18(20,21)22/h6-10,13-14H,2-5H2,1H3,(H,24,26)/t13-,14-/m0/s1. The Hall–Kier alpha value is -2.38. The molecule has 2 aromatic rings. The second kappa shape index (κ2) is 7.09. The summed E-state index contributed by atoms with van der Waals surface area (Å²) < 4.78 is 55.4. The number of anilines is 1. The highest BCUT2D eigenvalue weighted by Gasteiger charge is 2.48. The van der Waals surface area contributed by atoms with Crippen molar-refractivity contribution in [3.63, 3.8) is 0 Å². The van der Waals surface area contributed by atoms with Crippen LogP contribution in [0.25, 0.3) is 5.69 Å². The SMILES string of the molecule is Cc1nccn1-c1ccc(NC(=O)[C@H]2CCCC[C@@H]2C(F)(F)F)cc1F. The van der Waals surface area contributed by atoms with Gasteiger partial charge >= 0.3 is 6.18 Å². The van der Waals surface area contributed by atoms with Crippen LogP contribution in [0.1, 0.15) is 31.5 Å². The Morgan fingerprint density at radius 2 is 2.00 bits per heavy atom. The Kier molecular flexibility index (Phi) is 5.02. The van der Waals surface area contributed by atoms with Crippen molar-refractivity contribution in [3.05, 3.63) is 42.2 Å². The van der Waals surface area contributed by atoms with Crippen molar-refractivity contribution in [2.24, 2.45) is 11.8 Å². The summed E-state index contributed by atoms with van der Waals surface area (Å²) in [5, 5.41) is 2.44. The van der Waals surface area contributed by atoms with E-state index in [0.717, 1.165) is 6.07 Å². The van der Waals surface area contributed by atoms with Gasteiger partial charge in [-0.1, -0.05) is 12.8 Å². The molecule has 0 bridgehead atoms. The lowest BCUT2D eigenvalue weighted by Gasteiger charge is -2.32. The van der Waals surface area contributed by atoms with Crippen LogP contribution in [0.4, 0.5) is 23.2 Å². The van der Waals surface area contributed by atoms with Crippen LogP contribution in [0.5, 0.6) is 0 Å². The van der Waals surface area contributed by atoms with Crippen LogP contribution in [0, 0.1) is 24.6 Å². The Morgan fingerprint density at radius 3 is 2.62 bits per heavy atom. The second-order valence-corrected chi connectivity index (χ2v) is 6.54. The zero-order chi connectivity index (χ0) is 18.9. The van der Waals surface area contributed by atoms with E-state index in [1.165, 1.54) is 18.3 Å². The lowest BCUT2D eigenvalue weighted by molar-refractivity contribution is -0.197. The topological polar surface area (TPSA) is 46.9 Å². The zero-order valence-corrected chi connectivity index (χ0v) is 14.2. The van der Waals surface area contributed by atoms with Gasteiger partial charge in [-0.15, -0.1) is 0 Å². The largest absolute Gasteiger partial charge is 0.392 e. The van der Waals surface area contributed by atoms with E-state index in [1.807, 2.05) is 0 Å². The third kappa shape index (κ3) is 3.73. The van der Waals surface area contributed by atoms with Crippen molar-refractivity contribution in [2.45, 2.75) is 38.8 Å². The van der Waals surface area contributed by atoms with E-state index in [0.29, 0.717) is 18.7 Å². The number of benzene rings is 1. The van der Waals surface area contributed by atoms with Crippen LogP contribution < -0.4 is 5.32 Å². The molecule has 0 aliphatic heterocycles. The predicted molar refractivity (Wildman–Crippen MR) is 88.4 cm³/mol. The van der Waals surface area contributed by atoms with Crippen LogP contribution in [0.15, 0.2) is 30.6 Å². The highest BCUT2D eigenvalue weighted by atomic mass is 19.4. The van der Waals surface area contributed by atoms with Crippen molar-refractivity contribution in [2.75, 3.05) is 5.32 Å². The molecule has 1 heterocycles. The van der Waals surface area contributed by atoms with Crippen LogP contribution in [-0.2, 0) is 4.79 Å². The quantitative estimate of drug-likeness (QED) is 0.802. The number of carbonyl (C=O) groups excluding carboxylic acids is 1. The fourth-order valence-corrected chi connectivity index (χ4v) is 3.48. The molecule has 0 saturated heterocycles. The molecule has 0 unspecified atom stereocenters. The summed E-state index contributed by atoms with van der Waals surface area (Å²) in [6.45, 7) is 1.72. The monoisotopic (exact) mass is 369 g/mol. The summed E-state index contributed by atoms with van der Waals surface area (Å²) in [5.74, 6) is -3.50. The van der Waals surface area contributed by atoms with Crippen molar-refractivity contribution >= 4 is 11.6 Å². The van der Waals surface area contributed by atoms with Crippen molar-refractivity contribution in [1.29, 1.82) is 0 Å². The molecule has 1 aliphatic rings. The fourth-order valence-electron chi connectivity index (χ4n) is 3.48. The molecule has 3 rings (SSSR count). The van der Waals surface area contributed by atoms with Gasteiger partial charge in [0, 0.05) is 24.0 Å². The number of imidazole rings is 1. The van der Waals surface area contributed by atoms with Crippen molar-refractivity contribution in [1.82, 2.24) is 9.55 Å². The fraction of sp³-hybridized carbons (Fsp3) is 0.444. The van der Waals surface area contributed by atoms with E-state index in [1.54, 1.807) is 17.7 Å². The molecule has 0 radical (unpaired) electrons. The predicted octanol–water partition coefficient (Wildman–Crippen LogP) is 4.63. The first-order chi connectivity index (χ1) is 12.3. The molecule has 0 spiro atoms. The number of hydrogen-bond donors (Lipinski definition) is 1. The Labute approximate surface area is 148 Å². The summed E-state index contributed by atoms with van der Waals surface area (Å²) in [6.07, 6.45) is -0.0950. The van der Waals surface area contributed by atoms with Gasteiger partial charge in [0.15, 0.2) is 0 Å². The summed E-state index contributed by atoms with van der Waals surface area (Å²) in [7, 11) is 0. The summed E-state index contributed by atoms with van der Waals surface area (Å²) >= 11 is 0. The molecular formula is C18H19F4N3O. The van der Waals surface area contributed by atoms with Gasteiger partial charge in [0.2, 0.25) is 5.91 Å². The van der Waals surface area contributed by atoms with Gasteiger partial charge in [0.1, 0.15) is 11.6 Å². The average Bonchev–Trinajstić information content (AvgIpc) is 3.00. The second-order valence-electron chi connectivity index (χ2n) is 6.54.